The van der Waals surface area contributed by atoms with E-state index >= 15 is 0 Å². The Morgan fingerprint density at radius 3 is 1.77 bits per heavy atom. The molecule has 0 saturated heterocycles. The fourth-order valence-electron chi connectivity index (χ4n) is 9.62. The van der Waals surface area contributed by atoms with Crippen LogP contribution in [0.2, 0.25) is 0 Å². The highest BCUT2D eigenvalue weighted by molar-refractivity contribution is 6.04. The number of aromatic nitrogens is 6. The first-order valence-corrected chi connectivity index (χ1v) is 21.7. The van der Waals surface area contributed by atoms with E-state index in [-0.39, 0.29) is 5.41 Å². The summed E-state index contributed by atoms with van der Waals surface area (Å²) in [7, 11) is 0. The van der Waals surface area contributed by atoms with Gasteiger partial charge in [-0.3, -0.25) is 9.55 Å². The molecule has 0 saturated carbocycles. The lowest BCUT2D eigenvalue weighted by atomic mass is 9.82. The van der Waals surface area contributed by atoms with Gasteiger partial charge in [0, 0.05) is 34.0 Å². The quantitative estimate of drug-likeness (QED) is 0.160. The van der Waals surface area contributed by atoms with Gasteiger partial charge in [-0.05, 0) is 97.7 Å². The summed E-state index contributed by atoms with van der Waals surface area (Å²) in [5.41, 5.74) is 16.2. The molecule has 6 nitrogen and oxygen atoms in total. The number of hydrogen-bond donors (Lipinski definition) is 0. The zero-order valence-corrected chi connectivity index (χ0v) is 35.3. The van der Waals surface area contributed by atoms with Gasteiger partial charge in [-0.2, -0.15) is 0 Å². The minimum atomic E-state index is -0.142. The van der Waals surface area contributed by atoms with Crippen LogP contribution in [0.1, 0.15) is 25.0 Å². The van der Waals surface area contributed by atoms with Gasteiger partial charge in [-0.15, -0.1) is 0 Å². The van der Waals surface area contributed by atoms with Crippen LogP contribution in [0.3, 0.4) is 0 Å². The predicted molar refractivity (Wildman–Crippen MR) is 260 cm³/mol. The van der Waals surface area contributed by atoms with E-state index in [1.165, 1.54) is 22.3 Å². The summed E-state index contributed by atoms with van der Waals surface area (Å²) in [6, 6.07) is 70.2. The third-order valence-corrected chi connectivity index (χ3v) is 12.8. The first-order chi connectivity index (χ1) is 31.5. The standard InChI is InChI=1S/C58H40N6/c1-58(2)48-21-9-8-19-46(48)53-47(20-14-22-49(53)58)56-62-54(40-15-4-3-5-16-40)61-55(63-56)45-35-34-42(43-17-6-7-18-44(43)45)39-28-26-37(27-29-39)38-30-32-41(33-31-38)64-52-25-11-10-23-50(52)60-57(64)51-24-12-13-36-59-51/h3-36H,1-2H3. The van der Waals surface area contributed by atoms with Crippen LogP contribution in [0.4, 0.5) is 0 Å². The van der Waals surface area contributed by atoms with Crippen LogP contribution in [-0.2, 0) is 5.41 Å². The van der Waals surface area contributed by atoms with E-state index in [9.17, 15) is 0 Å². The highest BCUT2D eigenvalue weighted by Gasteiger charge is 2.37. The van der Waals surface area contributed by atoms with Crippen molar-refractivity contribution in [3.05, 3.63) is 218 Å². The molecule has 0 bridgehead atoms. The predicted octanol–water partition coefficient (Wildman–Crippen LogP) is 14.1. The molecule has 1 aliphatic carbocycles. The van der Waals surface area contributed by atoms with Gasteiger partial charge >= 0.3 is 0 Å². The fourth-order valence-corrected chi connectivity index (χ4v) is 9.62. The van der Waals surface area contributed by atoms with Crippen molar-refractivity contribution < 1.29 is 0 Å². The van der Waals surface area contributed by atoms with Crippen molar-refractivity contribution in [3.8, 4) is 84.7 Å². The summed E-state index contributed by atoms with van der Waals surface area (Å²) in [4.78, 5) is 25.3. The van der Waals surface area contributed by atoms with Gasteiger partial charge in [0.05, 0.1) is 11.0 Å². The molecule has 0 N–H and O–H groups in total. The van der Waals surface area contributed by atoms with Crippen molar-refractivity contribution in [3.63, 3.8) is 0 Å². The van der Waals surface area contributed by atoms with Gasteiger partial charge in [0.1, 0.15) is 5.69 Å². The van der Waals surface area contributed by atoms with Crippen LogP contribution in [0, 0.1) is 0 Å². The van der Waals surface area contributed by atoms with Crippen LogP contribution >= 0.6 is 0 Å². The molecule has 0 fully saturated rings. The number of benzene rings is 8. The zero-order chi connectivity index (χ0) is 42.8. The molecule has 0 amide bonds. The number of fused-ring (bicyclic) bond motifs is 5. The molecule has 3 heterocycles. The van der Waals surface area contributed by atoms with Crippen LogP contribution in [0.5, 0.6) is 0 Å². The highest BCUT2D eigenvalue weighted by atomic mass is 15.1. The summed E-state index contributed by atoms with van der Waals surface area (Å²) in [5, 5.41) is 2.21. The van der Waals surface area contributed by atoms with Crippen molar-refractivity contribution in [1.82, 2.24) is 29.5 Å². The SMILES string of the molecule is CC1(C)c2ccccc2-c2c(-c3nc(-c4ccccc4)nc(-c4ccc(-c5ccc(-c6ccc(-n7c(-c8ccccn8)nc8ccccc87)cc6)cc5)c5ccccc45)n3)cccc21. The molecular formula is C58H40N6. The molecule has 12 rings (SSSR count). The molecule has 64 heavy (non-hydrogen) atoms. The Bertz CT molecular complexity index is 3560. The van der Waals surface area contributed by atoms with Gasteiger partial charge in [0.2, 0.25) is 0 Å². The van der Waals surface area contributed by atoms with Crippen LogP contribution in [0.15, 0.2) is 206 Å². The first kappa shape index (κ1) is 37.4. The molecular weight excluding hydrogens is 781 g/mol. The van der Waals surface area contributed by atoms with E-state index in [1.807, 2.05) is 54.7 Å². The molecule has 6 heteroatoms. The first-order valence-electron chi connectivity index (χ1n) is 21.7. The Morgan fingerprint density at radius 2 is 0.984 bits per heavy atom. The van der Waals surface area contributed by atoms with Crippen LogP contribution in [-0.4, -0.2) is 29.5 Å². The molecule has 0 unspecified atom stereocenters. The van der Waals surface area contributed by atoms with Gasteiger partial charge in [0.15, 0.2) is 23.3 Å². The highest BCUT2D eigenvalue weighted by Crippen LogP contribution is 2.52. The summed E-state index contributed by atoms with van der Waals surface area (Å²) in [6.07, 6.45) is 1.81. The number of nitrogens with zero attached hydrogens (tertiary/aromatic N) is 6. The fraction of sp³-hybridized carbons (Fsp3) is 0.0517. The van der Waals surface area contributed by atoms with E-state index < -0.39 is 0 Å². The number of rotatable bonds is 7. The van der Waals surface area contributed by atoms with Crippen molar-refractivity contribution in [2.45, 2.75) is 19.3 Å². The van der Waals surface area contributed by atoms with Crippen molar-refractivity contribution in [1.29, 1.82) is 0 Å². The van der Waals surface area contributed by atoms with Crippen LogP contribution < -0.4 is 0 Å². The molecule has 11 aromatic rings. The zero-order valence-electron chi connectivity index (χ0n) is 35.3. The molecule has 1 aliphatic rings. The number of pyridine rings is 1. The number of imidazole rings is 1. The van der Waals surface area contributed by atoms with Crippen molar-refractivity contribution in [2.75, 3.05) is 0 Å². The minimum absolute atomic E-state index is 0.142. The molecule has 302 valence electrons. The van der Waals surface area contributed by atoms with E-state index in [0.29, 0.717) is 17.5 Å². The molecule has 0 atom stereocenters. The van der Waals surface area contributed by atoms with Crippen molar-refractivity contribution in [2.24, 2.45) is 0 Å². The number of para-hydroxylation sites is 2. The maximum atomic E-state index is 5.32. The van der Waals surface area contributed by atoms with Gasteiger partial charge in [0.25, 0.3) is 0 Å². The largest absolute Gasteiger partial charge is 0.291 e. The topological polar surface area (TPSA) is 69.4 Å². The van der Waals surface area contributed by atoms with E-state index in [1.54, 1.807) is 0 Å². The second-order valence-corrected chi connectivity index (χ2v) is 16.9. The normalized spacial score (nSPS) is 12.7. The van der Waals surface area contributed by atoms with Gasteiger partial charge < -0.3 is 0 Å². The van der Waals surface area contributed by atoms with Crippen molar-refractivity contribution >= 4 is 21.8 Å². The molecule has 0 radical (unpaired) electrons. The summed E-state index contributed by atoms with van der Waals surface area (Å²) in [6.45, 7) is 4.61. The van der Waals surface area contributed by atoms with E-state index in [0.717, 1.165) is 78.0 Å². The molecule has 0 aliphatic heterocycles. The van der Waals surface area contributed by atoms with Crippen LogP contribution in [0.25, 0.3) is 107 Å². The average Bonchev–Trinajstić information content (AvgIpc) is 3.87. The summed E-state index contributed by atoms with van der Waals surface area (Å²) < 4.78 is 2.19. The molecule has 8 aromatic carbocycles. The maximum Gasteiger partial charge on any atom is 0.164 e. The molecule has 0 spiro atoms. The smallest absolute Gasteiger partial charge is 0.164 e. The second kappa shape index (κ2) is 14.9. The minimum Gasteiger partial charge on any atom is -0.291 e. The summed E-state index contributed by atoms with van der Waals surface area (Å²) in [5.74, 6) is 2.77. The Balaban J connectivity index is 0.918. The molecule has 3 aromatic heterocycles. The Hall–Kier alpha value is -8.35. The summed E-state index contributed by atoms with van der Waals surface area (Å²) >= 11 is 0. The Morgan fingerprint density at radius 1 is 0.391 bits per heavy atom. The lowest BCUT2D eigenvalue weighted by Crippen LogP contribution is -2.14. The Kier molecular flexibility index (Phi) is 8.73. The van der Waals surface area contributed by atoms with E-state index in [4.69, 9.17) is 19.9 Å². The maximum absolute atomic E-state index is 5.32. The number of hydrogen-bond acceptors (Lipinski definition) is 5. The third-order valence-electron chi connectivity index (χ3n) is 12.8. The van der Waals surface area contributed by atoms with Gasteiger partial charge in [-0.1, -0.05) is 172 Å². The van der Waals surface area contributed by atoms with Gasteiger partial charge in [-0.25, -0.2) is 19.9 Å². The lowest BCUT2D eigenvalue weighted by Gasteiger charge is -2.21. The monoisotopic (exact) mass is 820 g/mol. The van der Waals surface area contributed by atoms with E-state index in [2.05, 4.69) is 175 Å². The average molecular weight is 821 g/mol. The lowest BCUT2D eigenvalue weighted by molar-refractivity contribution is 0.660. The Labute approximate surface area is 371 Å². The second-order valence-electron chi connectivity index (χ2n) is 16.9. The third kappa shape index (κ3) is 6.14.